The van der Waals surface area contributed by atoms with Crippen LogP contribution in [0.25, 0.3) is 0 Å². The number of para-hydroxylation sites is 2. The van der Waals surface area contributed by atoms with E-state index in [1.54, 1.807) is 18.2 Å². The van der Waals surface area contributed by atoms with Crippen LogP contribution >= 0.6 is 0 Å². The number of amides is 1. The van der Waals surface area contributed by atoms with Crippen LogP contribution < -0.4 is 10.1 Å². The highest BCUT2D eigenvalue weighted by atomic mass is 16.6. The summed E-state index contributed by atoms with van der Waals surface area (Å²) >= 11 is 0. The van der Waals surface area contributed by atoms with Crippen molar-refractivity contribution in [2.45, 2.75) is 18.9 Å². The molecule has 7 heteroatoms. The predicted molar refractivity (Wildman–Crippen MR) is 77.3 cm³/mol. The molecule has 2 rings (SSSR count). The highest BCUT2D eigenvalue weighted by Crippen LogP contribution is 2.25. The summed E-state index contributed by atoms with van der Waals surface area (Å²) in [6.07, 6.45) is 2.13. The van der Waals surface area contributed by atoms with Gasteiger partial charge in [0, 0.05) is 18.7 Å². The van der Waals surface area contributed by atoms with Gasteiger partial charge in [0.1, 0.15) is 6.61 Å². The summed E-state index contributed by atoms with van der Waals surface area (Å²) in [6.45, 7) is 1.11. The van der Waals surface area contributed by atoms with Gasteiger partial charge in [0.15, 0.2) is 5.75 Å². The number of nitro groups is 1. The number of hydrogen-bond donors (Lipinski definition) is 1. The van der Waals surface area contributed by atoms with E-state index >= 15 is 0 Å². The number of nitrogens with zero attached hydrogens (tertiary/aromatic N) is 2. The van der Waals surface area contributed by atoms with Crippen LogP contribution in [0, 0.1) is 10.1 Å². The number of nitrogens with one attached hydrogen (secondary N) is 1. The van der Waals surface area contributed by atoms with E-state index in [1.807, 2.05) is 11.9 Å². The molecule has 1 aromatic carbocycles. The van der Waals surface area contributed by atoms with Crippen LogP contribution in [0.4, 0.5) is 5.69 Å². The smallest absolute Gasteiger partial charge is 0.310 e. The van der Waals surface area contributed by atoms with Crippen molar-refractivity contribution in [3.63, 3.8) is 0 Å². The van der Waals surface area contributed by atoms with Crippen molar-refractivity contribution >= 4 is 11.6 Å². The minimum absolute atomic E-state index is 0.00527. The number of carbonyl (C=O) groups excluding carboxylic acids is 1. The molecule has 7 nitrogen and oxygen atoms in total. The molecule has 0 unspecified atom stereocenters. The number of nitro benzene ring substituents is 1. The average Bonchev–Trinajstić information content (AvgIpc) is 3.22. The second-order valence-corrected chi connectivity index (χ2v) is 5.15. The SMILES string of the molecule is CN(CCOc1ccccc1[N+](=O)[O-])CC(=O)NC1CC1. The van der Waals surface area contributed by atoms with E-state index < -0.39 is 4.92 Å². The van der Waals surface area contributed by atoms with Gasteiger partial charge in [-0.2, -0.15) is 0 Å². The number of rotatable bonds is 8. The van der Waals surface area contributed by atoms with Crippen molar-refractivity contribution in [2.24, 2.45) is 0 Å². The molecular weight excluding hydrogens is 274 g/mol. The van der Waals surface area contributed by atoms with Crippen LogP contribution in [0.15, 0.2) is 24.3 Å². The fourth-order valence-electron chi connectivity index (χ4n) is 1.87. The van der Waals surface area contributed by atoms with Crippen molar-refractivity contribution in [1.29, 1.82) is 0 Å². The summed E-state index contributed by atoms with van der Waals surface area (Å²) in [7, 11) is 1.81. The predicted octanol–water partition coefficient (Wildman–Crippen LogP) is 1.18. The fourth-order valence-corrected chi connectivity index (χ4v) is 1.87. The van der Waals surface area contributed by atoms with Crippen molar-refractivity contribution in [3.05, 3.63) is 34.4 Å². The summed E-state index contributed by atoms with van der Waals surface area (Å²) in [5.41, 5.74) is -0.0494. The number of likely N-dealkylation sites (N-methyl/N-ethyl adjacent to an activating group) is 1. The molecule has 0 heterocycles. The van der Waals surface area contributed by atoms with Crippen LogP contribution in [-0.2, 0) is 4.79 Å². The molecule has 1 N–H and O–H groups in total. The van der Waals surface area contributed by atoms with Crippen molar-refractivity contribution < 1.29 is 14.5 Å². The van der Waals surface area contributed by atoms with Crippen LogP contribution in [0.3, 0.4) is 0 Å². The van der Waals surface area contributed by atoms with Crippen molar-refractivity contribution in [1.82, 2.24) is 10.2 Å². The quantitative estimate of drug-likeness (QED) is 0.575. The van der Waals surface area contributed by atoms with Crippen LogP contribution in [0.1, 0.15) is 12.8 Å². The third-order valence-corrected chi connectivity index (χ3v) is 3.15. The van der Waals surface area contributed by atoms with E-state index in [1.165, 1.54) is 6.07 Å². The molecule has 0 bridgehead atoms. The van der Waals surface area contributed by atoms with Gasteiger partial charge in [-0.3, -0.25) is 19.8 Å². The van der Waals surface area contributed by atoms with Crippen LogP contribution in [0.2, 0.25) is 0 Å². The summed E-state index contributed by atoms with van der Waals surface area (Å²) in [5, 5.41) is 13.7. The molecule has 1 aromatic rings. The summed E-state index contributed by atoms with van der Waals surface area (Å²) in [5.74, 6) is 0.254. The largest absolute Gasteiger partial charge is 0.485 e. The summed E-state index contributed by atoms with van der Waals surface area (Å²) < 4.78 is 5.43. The lowest BCUT2D eigenvalue weighted by molar-refractivity contribution is -0.385. The highest BCUT2D eigenvalue weighted by Gasteiger charge is 2.23. The molecular formula is C14H19N3O4. The third-order valence-electron chi connectivity index (χ3n) is 3.15. The highest BCUT2D eigenvalue weighted by molar-refractivity contribution is 5.78. The second-order valence-electron chi connectivity index (χ2n) is 5.15. The van der Waals surface area contributed by atoms with Gasteiger partial charge in [0.05, 0.1) is 11.5 Å². The molecule has 1 fully saturated rings. The van der Waals surface area contributed by atoms with Crippen LogP contribution in [-0.4, -0.2) is 48.5 Å². The van der Waals surface area contributed by atoms with Gasteiger partial charge in [0.25, 0.3) is 0 Å². The molecule has 21 heavy (non-hydrogen) atoms. The Morgan fingerprint density at radius 3 is 2.86 bits per heavy atom. The van der Waals surface area contributed by atoms with E-state index in [2.05, 4.69) is 5.32 Å². The molecule has 0 atom stereocenters. The Kier molecular flexibility index (Phi) is 5.10. The Morgan fingerprint density at radius 1 is 1.48 bits per heavy atom. The maximum absolute atomic E-state index is 11.6. The fraction of sp³-hybridized carbons (Fsp3) is 0.500. The summed E-state index contributed by atoms with van der Waals surface area (Å²) in [4.78, 5) is 23.8. The molecule has 0 saturated heterocycles. The standard InChI is InChI=1S/C14H19N3O4/c1-16(10-14(18)15-11-6-7-11)8-9-21-13-5-3-2-4-12(13)17(19)20/h2-5,11H,6-10H2,1H3,(H,15,18). The molecule has 1 saturated carbocycles. The molecule has 114 valence electrons. The topological polar surface area (TPSA) is 84.7 Å². The molecule has 1 aliphatic carbocycles. The zero-order valence-corrected chi connectivity index (χ0v) is 11.9. The first kappa shape index (κ1) is 15.2. The Morgan fingerprint density at radius 2 is 2.19 bits per heavy atom. The zero-order chi connectivity index (χ0) is 15.2. The number of benzene rings is 1. The maximum Gasteiger partial charge on any atom is 0.310 e. The first-order valence-electron chi connectivity index (χ1n) is 6.90. The Balaban J connectivity index is 1.73. The van der Waals surface area contributed by atoms with Gasteiger partial charge in [0.2, 0.25) is 5.91 Å². The monoisotopic (exact) mass is 293 g/mol. The van der Waals surface area contributed by atoms with Gasteiger partial charge in [-0.05, 0) is 26.0 Å². The number of carbonyl (C=O) groups is 1. The van der Waals surface area contributed by atoms with E-state index in [4.69, 9.17) is 4.74 Å². The first-order chi connectivity index (χ1) is 10.1. The molecule has 0 aliphatic heterocycles. The lowest BCUT2D eigenvalue weighted by atomic mass is 10.3. The van der Waals surface area contributed by atoms with E-state index in [0.29, 0.717) is 19.1 Å². The Labute approximate surface area is 123 Å². The number of hydrogen-bond acceptors (Lipinski definition) is 5. The molecule has 0 aromatic heterocycles. The first-order valence-corrected chi connectivity index (χ1v) is 6.90. The van der Waals surface area contributed by atoms with E-state index in [9.17, 15) is 14.9 Å². The van der Waals surface area contributed by atoms with Gasteiger partial charge in [-0.1, -0.05) is 12.1 Å². The van der Waals surface area contributed by atoms with Gasteiger partial charge < -0.3 is 10.1 Å². The lowest BCUT2D eigenvalue weighted by Crippen LogP contribution is -2.37. The molecule has 0 spiro atoms. The summed E-state index contributed by atoms with van der Waals surface area (Å²) in [6, 6.07) is 6.61. The van der Waals surface area contributed by atoms with Crippen molar-refractivity contribution in [3.8, 4) is 5.75 Å². The Hall–Kier alpha value is -2.15. The average molecular weight is 293 g/mol. The van der Waals surface area contributed by atoms with Gasteiger partial charge in [-0.25, -0.2) is 0 Å². The minimum Gasteiger partial charge on any atom is -0.485 e. The third kappa shape index (κ3) is 5.03. The normalized spacial score (nSPS) is 14.0. The van der Waals surface area contributed by atoms with Gasteiger partial charge >= 0.3 is 5.69 Å². The lowest BCUT2D eigenvalue weighted by Gasteiger charge is -2.16. The van der Waals surface area contributed by atoms with Crippen molar-refractivity contribution in [2.75, 3.05) is 26.7 Å². The maximum atomic E-state index is 11.6. The zero-order valence-electron chi connectivity index (χ0n) is 11.9. The van der Waals surface area contributed by atoms with Crippen LogP contribution in [0.5, 0.6) is 5.75 Å². The molecule has 1 amide bonds. The van der Waals surface area contributed by atoms with E-state index in [-0.39, 0.29) is 24.0 Å². The van der Waals surface area contributed by atoms with Gasteiger partial charge in [-0.15, -0.1) is 0 Å². The minimum atomic E-state index is -0.470. The molecule has 0 radical (unpaired) electrons. The Bertz CT molecular complexity index is 517. The molecule has 1 aliphatic rings. The van der Waals surface area contributed by atoms with E-state index in [0.717, 1.165) is 12.8 Å². The number of ether oxygens (including phenoxy) is 1. The second kappa shape index (κ2) is 7.03.